The Labute approximate surface area is 145 Å². The van der Waals surface area contributed by atoms with Crippen LogP contribution in [0.3, 0.4) is 0 Å². The monoisotopic (exact) mass is 334 g/mol. The third-order valence-electron chi connectivity index (χ3n) is 3.51. The number of benzene rings is 1. The number of rotatable bonds is 5. The lowest BCUT2D eigenvalue weighted by Crippen LogP contribution is -2.31. The van der Waals surface area contributed by atoms with Gasteiger partial charge in [0.2, 0.25) is 5.88 Å². The fourth-order valence-corrected chi connectivity index (χ4v) is 2.25. The van der Waals surface area contributed by atoms with E-state index in [2.05, 4.69) is 20.6 Å². The zero-order valence-electron chi connectivity index (χ0n) is 13.7. The molecule has 25 heavy (non-hydrogen) atoms. The minimum Gasteiger partial charge on any atom is -0.439 e. The number of carbonyl (C=O) groups excluding carboxylic acids is 1. The van der Waals surface area contributed by atoms with Crippen molar-refractivity contribution in [2.75, 3.05) is 5.32 Å². The zero-order chi connectivity index (χ0) is 17.5. The van der Waals surface area contributed by atoms with E-state index in [-0.39, 0.29) is 12.1 Å². The second-order valence-electron chi connectivity index (χ2n) is 5.40. The van der Waals surface area contributed by atoms with Gasteiger partial charge >= 0.3 is 6.03 Å². The molecule has 126 valence electrons. The van der Waals surface area contributed by atoms with Crippen LogP contribution in [-0.2, 0) is 0 Å². The number of nitrogens with one attached hydrogen (secondary N) is 2. The van der Waals surface area contributed by atoms with Gasteiger partial charge in [-0.15, -0.1) is 0 Å². The minimum absolute atomic E-state index is 0.134. The fraction of sp³-hybridized carbons (Fsp3) is 0.105. The van der Waals surface area contributed by atoms with Gasteiger partial charge in [0.1, 0.15) is 5.75 Å². The van der Waals surface area contributed by atoms with Crippen LogP contribution in [0.5, 0.6) is 11.6 Å². The molecule has 1 aromatic carbocycles. The molecule has 3 rings (SSSR count). The number of urea groups is 1. The molecule has 0 spiro atoms. The minimum atomic E-state index is -0.304. The predicted molar refractivity (Wildman–Crippen MR) is 95.6 cm³/mol. The van der Waals surface area contributed by atoms with Gasteiger partial charge in [-0.2, -0.15) is 0 Å². The van der Waals surface area contributed by atoms with Gasteiger partial charge in [-0.25, -0.2) is 9.78 Å². The summed E-state index contributed by atoms with van der Waals surface area (Å²) in [6, 6.07) is 16.0. The number of hydrogen-bond donors (Lipinski definition) is 2. The molecule has 6 heteroatoms. The van der Waals surface area contributed by atoms with Crippen LogP contribution in [0.4, 0.5) is 10.5 Å². The second-order valence-corrected chi connectivity index (χ2v) is 5.40. The summed E-state index contributed by atoms with van der Waals surface area (Å²) in [6.07, 6.45) is 4.98. The molecule has 1 unspecified atom stereocenters. The van der Waals surface area contributed by atoms with Gasteiger partial charge in [0.25, 0.3) is 0 Å². The van der Waals surface area contributed by atoms with Crippen LogP contribution in [0.1, 0.15) is 18.5 Å². The molecule has 0 bridgehead atoms. The molecule has 0 saturated carbocycles. The quantitative estimate of drug-likeness (QED) is 0.735. The summed E-state index contributed by atoms with van der Waals surface area (Å²) in [5.41, 5.74) is 1.58. The van der Waals surface area contributed by atoms with E-state index in [0.717, 1.165) is 5.56 Å². The van der Waals surface area contributed by atoms with Gasteiger partial charge in [0.15, 0.2) is 0 Å². The molecule has 2 aromatic heterocycles. The molecule has 3 aromatic rings. The molecule has 0 fully saturated rings. The van der Waals surface area contributed by atoms with E-state index in [1.807, 2.05) is 49.4 Å². The highest BCUT2D eigenvalue weighted by molar-refractivity contribution is 5.89. The number of carbonyl (C=O) groups is 1. The Balaban J connectivity index is 1.61. The summed E-state index contributed by atoms with van der Waals surface area (Å²) in [5.74, 6) is 1.09. The number of anilines is 1. The number of aromatic nitrogens is 2. The summed E-state index contributed by atoms with van der Waals surface area (Å²) >= 11 is 0. The van der Waals surface area contributed by atoms with Crippen molar-refractivity contribution in [3.63, 3.8) is 0 Å². The highest BCUT2D eigenvalue weighted by Gasteiger charge is 2.10. The van der Waals surface area contributed by atoms with E-state index in [0.29, 0.717) is 17.3 Å². The van der Waals surface area contributed by atoms with Crippen molar-refractivity contribution < 1.29 is 9.53 Å². The number of para-hydroxylation sites is 1. The van der Waals surface area contributed by atoms with Crippen LogP contribution >= 0.6 is 0 Å². The van der Waals surface area contributed by atoms with E-state index >= 15 is 0 Å². The number of pyridine rings is 2. The number of hydrogen-bond acceptors (Lipinski definition) is 4. The molecular formula is C19H18N4O2. The Morgan fingerprint density at radius 2 is 1.80 bits per heavy atom. The lowest BCUT2D eigenvalue weighted by molar-refractivity contribution is 0.249. The van der Waals surface area contributed by atoms with Crippen molar-refractivity contribution in [3.8, 4) is 11.6 Å². The maximum absolute atomic E-state index is 12.2. The normalized spacial score (nSPS) is 11.4. The summed E-state index contributed by atoms with van der Waals surface area (Å²) < 4.78 is 5.66. The summed E-state index contributed by atoms with van der Waals surface area (Å²) in [6.45, 7) is 1.91. The fourth-order valence-electron chi connectivity index (χ4n) is 2.25. The molecule has 0 aliphatic heterocycles. The van der Waals surface area contributed by atoms with Crippen LogP contribution in [0.2, 0.25) is 0 Å². The van der Waals surface area contributed by atoms with Gasteiger partial charge in [-0.1, -0.05) is 18.2 Å². The van der Waals surface area contributed by atoms with Gasteiger partial charge in [-0.3, -0.25) is 4.98 Å². The Kier molecular flexibility index (Phi) is 5.21. The first-order chi connectivity index (χ1) is 12.2. The van der Waals surface area contributed by atoms with Crippen LogP contribution < -0.4 is 15.4 Å². The van der Waals surface area contributed by atoms with E-state index < -0.39 is 0 Å². The highest BCUT2D eigenvalue weighted by atomic mass is 16.5. The van der Waals surface area contributed by atoms with Crippen molar-refractivity contribution in [1.29, 1.82) is 0 Å². The summed E-state index contributed by atoms with van der Waals surface area (Å²) in [7, 11) is 0. The standard InChI is InChI=1S/C19H18N4O2/c1-14(15-7-10-20-11-8-15)22-19(24)23-16-9-12-21-18(13-16)25-17-5-3-2-4-6-17/h2-14H,1H3,(H2,21,22,23,24). The molecule has 2 amide bonds. The Bertz CT molecular complexity index is 825. The first-order valence-corrected chi connectivity index (χ1v) is 7.87. The van der Waals surface area contributed by atoms with Crippen molar-refractivity contribution in [2.45, 2.75) is 13.0 Å². The maximum atomic E-state index is 12.2. The average molecular weight is 334 g/mol. The zero-order valence-corrected chi connectivity index (χ0v) is 13.7. The second kappa shape index (κ2) is 7.92. The third kappa shape index (κ3) is 4.78. The Morgan fingerprint density at radius 1 is 1.04 bits per heavy atom. The molecule has 0 radical (unpaired) electrons. The van der Waals surface area contributed by atoms with Gasteiger partial charge < -0.3 is 15.4 Å². The molecule has 0 aliphatic rings. The topological polar surface area (TPSA) is 76.1 Å². The van der Waals surface area contributed by atoms with E-state index in [1.54, 1.807) is 30.7 Å². The highest BCUT2D eigenvalue weighted by Crippen LogP contribution is 2.21. The Morgan fingerprint density at radius 3 is 2.56 bits per heavy atom. The largest absolute Gasteiger partial charge is 0.439 e. The molecular weight excluding hydrogens is 316 g/mol. The average Bonchev–Trinajstić information content (AvgIpc) is 2.63. The smallest absolute Gasteiger partial charge is 0.319 e. The third-order valence-corrected chi connectivity index (χ3v) is 3.51. The maximum Gasteiger partial charge on any atom is 0.319 e. The van der Waals surface area contributed by atoms with Crippen LogP contribution in [0.25, 0.3) is 0 Å². The number of nitrogens with zero attached hydrogens (tertiary/aromatic N) is 2. The summed E-state index contributed by atoms with van der Waals surface area (Å²) in [5, 5.41) is 5.66. The van der Waals surface area contributed by atoms with Crippen molar-refractivity contribution in [1.82, 2.24) is 15.3 Å². The lowest BCUT2D eigenvalue weighted by Gasteiger charge is -2.15. The summed E-state index contributed by atoms with van der Waals surface area (Å²) in [4.78, 5) is 20.3. The van der Waals surface area contributed by atoms with Crippen LogP contribution in [0.15, 0.2) is 73.2 Å². The Hall–Kier alpha value is -3.41. The van der Waals surface area contributed by atoms with Crippen LogP contribution in [-0.4, -0.2) is 16.0 Å². The van der Waals surface area contributed by atoms with Crippen molar-refractivity contribution in [3.05, 3.63) is 78.8 Å². The SMILES string of the molecule is CC(NC(=O)Nc1ccnc(Oc2ccccc2)c1)c1ccncc1. The predicted octanol–water partition coefficient (Wildman–Crippen LogP) is 4.15. The van der Waals surface area contributed by atoms with Gasteiger partial charge in [0.05, 0.1) is 6.04 Å². The van der Waals surface area contributed by atoms with E-state index in [1.165, 1.54) is 0 Å². The molecule has 2 heterocycles. The van der Waals surface area contributed by atoms with E-state index in [9.17, 15) is 4.79 Å². The molecule has 0 saturated heterocycles. The number of amides is 2. The van der Waals surface area contributed by atoms with Gasteiger partial charge in [0, 0.05) is 30.3 Å². The molecule has 1 atom stereocenters. The molecule has 2 N–H and O–H groups in total. The van der Waals surface area contributed by atoms with Crippen molar-refractivity contribution in [2.24, 2.45) is 0 Å². The first-order valence-electron chi connectivity index (χ1n) is 7.87. The van der Waals surface area contributed by atoms with Gasteiger partial charge in [-0.05, 0) is 42.8 Å². The van der Waals surface area contributed by atoms with E-state index in [4.69, 9.17) is 4.74 Å². The lowest BCUT2D eigenvalue weighted by atomic mass is 10.1. The van der Waals surface area contributed by atoms with Crippen molar-refractivity contribution >= 4 is 11.7 Å². The van der Waals surface area contributed by atoms with Crippen LogP contribution in [0, 0.1) is 0 Å². The number of ether oxygens (including phenoxy) is 1. The first kappa shape index (κ1) is 16.4. The molecule has 6 nitrogen and oxygen atoms in total. The molecule has 0 aliphatic carbocycles.